The van der Waals surface area contributed by atoms with Crippen molar-refractivity contribution in [3.8, 4) is 0 Å². The van der Waals surface area contributed by atoms with Gasteiger partial charge in [-0.05, 0) is 0 Å². The van der Waals surface area contributed by atoms with Gasteiger partial charge in [0.15, 0.2) is 0 Å². The van der Waals surface area contributed by atoms with E-state index in [2.05, 4.69) is 12.1 Å². The molecular weight excluding hydrogens is 316 g/mol. The molecule has 4 aromatic rings. The van der Waals surface area contributed by atoms with Gasteiger partial charge < -0.3 is 0 Å². The van der Waals surface area contributed by atoms with E-state index in [0.29, 0.717) is 0 Å². The van der Waals surface area contributed by atoms with Crippen LogP contribution in [0.3, 0.4) is 0 Å². The van der Waals surface area contributed by atoms with E-state index in [-0.39, 0.29) is 17.4 Å². The molecule has 0 N–H and O–H groups in total. The summed E-state index contributed by atoms with van der Waals surface area (Å²) in [5.74, 6) is 0. The quantitative estimate of drug-likeness (QED) is 0.357. The van der Waals surface area contributed by atoms with Gasteiger partial charge in [-0.25, -0.2) is 24.3 Å². The Kier molecular flexibility index (Phi) is 15.9. The summed E-state index contributed by atoms with van der Waals surface area (Å²) >= 11 is 0. The molecule has 0 unspecified atom stereocenters. The van der Waals surface area contributed by atoms with Gasteiger partial charge in [-0.1, -0.05) is 0 Å². The maximum absolute atomic E-state index is 2.89. The van der Waals surface area contributed by atoms with E-state index in [4.69, 9.17) is 0 Å². The molecule has 0 saturated carbocycles. The minimum absolute atomic E-state index is 0. The zero-order valence-electron chi connectivity index (χ0n) is 13.0. The van der Waals surface area contributed by atoms with Gasteiger partial charge >= 0.3 is 17.4 Å². The number of hydrogen-bond acceptors (Lipinski definition) is 0. The van der Waals surface area contributed by atoms with Crippen LogP contribution in [0.15, 0.2) is 121 Å². The van der Waals surface area contributed by atoms with Crippen LogP contribution in [0.25, 0.3) is 0 Å². The van der Waals surface area contributed by atoms with Crippen LogP contribution in [0, 0.1) is 12.1 Å². The molecule has 0 fully saturated rings. The second-order valence-corrected chi connectivity index (χ2v) is 4.08. The van der Waals surface area contributed by atoms with Crippen molar-refractivity contribution in [2.75, 3.05) is 0 Å². The topological polar surface area (TPSA) is 0 Å². The minimum Gasteiger partial charge on any atom is -0.214 e. The summed E-state index contributed by atoms with van der Waals surface area (Å²) in [6.07, 6.45) is 0. The molecule has 0 saturated heterocycles. The predicted molar refractivity (Wildman–Crippen MR) is 94.6 cm³/mol. The van der Waals surface area contributed by atoms with Gasteiger partial charge in [-0.15, -0.1) is 0 Å². The third kappa shape index (κ3) is 15.9. The molecule has 4 rings (SSSR count). The second-order valence-electron chi connectivity index (χ2n) is 4.08. The van der Waals surface area contributed by atoms with E-state index < -0.39 is 0 Å². The molecule has 23 heavy (non-hydrogen) atoms. The van der Waals surface area contributed by atoms with Gasteiger partial charge in [-0.2, -0.15) is 109 Å². The molecule has 4 aromatic carbocycles. The Balaban J connectivity index is 0.000000278. The molecule has 0 radical (unpaired) electrons. The first-order valence-electron chi connectivity index (χ1n) is 7.15. The van der Waals surface area contributed by atoms with Crippen molar-refractivity contribution in [2.24, 2.45) is 0 Å². The van der Waals surface area contributed by atoms with Crippen LogP contribution in [0.2, 0.25) is 0 Å². The molecule has 1 heteroatoms. The van der Waals surface area contributed by atoms with Gasteiger partial charge in [0.2, 0.25) is 0 Å². The fourth-order valence-corrected chi connectivity index (χ4v) is 1.33. The molecule has 0 aliphatic carbocycles. The van der Waals surface area contributed by atoms with Crippen LogP contribution in [0.4, 0.5) is 0 Å². The summed E-state index contributed by atoms with van der Waals surface area (Å²) in [6.45, 7) is 0. The second kappa shape index (κ2) is 17.7. The van der Waals surface area contributed by atoms with E-state index in [9.17, 15) is 0 Å². The fraction of sp³-hybridized carbons (Fsp3) is 0. The van der Waals surface area contributed by atoms with Crippen molar-refractivity contribution in [3.05, 3.63) is 133 Å². The summed E-state index contributed by atoms with van der Waals surface area (Å²) < 4.78 is 0. The van der Waals surface area contributed by atoms with Gasteiger partial charge in [0.25, 0.3) is 0 Å². The molecular formula is C22H20Cr. The molecule has 0 nitrogen and oxygen atoms in total. The molecule has 0 bridgehead atoms. The standard InChI is InChI=1S/2C6H5.2C5H5.Cr/c2*1-2-4-6-5-3-1;2*1-2-4-5-3-1;/h2*1-5H;2*1-5H;/q4*-1;+4. The van der Waals surface area contributed by atoms with Crippen LogP contribution in [0.1, 0.15) is 0 Å². The van der Waals surface area contributed by atoms with Gasteiger partial charge in [0, 0.05) is 0 Å². The Labute approximate surface area is 150 Å². The van der Waals surface area contributed by atoms with E-state index in [1.807, 2.05) is 121 Å². The van der Waals surface area contributed by atoms with Gasteiger partial charge in [-0.3, -0.25) is 0 Å². The molecule has 0 heterocycles. The van der Waals surface area contributed by atoms with Crippen LogP contribution in [0.5, 0.6) is 0 Å². The summed E-state index contributed by atoms with van der Waals surface area (Å²) in [5, 5.41) is 0. The first-order valence-corrected chi connectivity index (χ1v) is 7.15. The van der Waals surface area contributed by atoms with Crippen molar-refractivity contribution in [1.29, 1.82) is 0 Å². The third-order valence-electron chi connectivity index (χ3n) is 2.33. The summed E-state index contributed by atoms with van der Waals surface area (Å²) in [7, 11) is 0. The largest absolute Gasteiger partial charge is 4.00 e. The van der Waals surface area contributed by atoms with Crippen LogP contribution < -0.4 is 0 Å². The summed E-state index contributed by atoms with van der Waals surface area (Å²) in [6, 6.07) is 45.0. The predicted octanol–water partition coefficient (Wildman–Crippen LogP) is 5.78. The zero-order valence-corrected chi connectivity index (χ0v) is 14.2. The Morgan fingerprint density at radius 3 is 0.783 bits per heavy atom. The molecule has 0 spiro atoms. The summed E-state index contributed by atoms with van der Waals surface area (Å²) in [5.41, 5.74) is 0. The van der Waals surface area contributed by atoms with E-state index >= 15 is 0 Å². The Morgan fingerprint density at radius 2 is 0.696 bits per heavy atom. The normalized spacial score (nSPS) is 7.65. The van der Waals surface area contributed by atoms with Gasteiger partial charge in [0.05, 0.1) is 0 Å². The number of rotatable bonds is 0. The van der Waals surface area contributed by atoms with Crippen molar-refractivity contribution in [1.82, 2.24) is 0 Å². The Morgan fingerprint density at radius 1 is 0.391 bits per heavy atom. The van der Waals surface area contributed by atoms with Gasteiger partial charge in [0.1, 0.15) is 0 Å². The molecule has 0 aliphatic rings. The van der Waals surface area contributed by atoms with E-state index in [1.165, 1.54) is 0 Å². The number of hydrogen-bond donors (Lipinski definition) is 0. The fourth-order valence-electron chi connectivity index (χ4n) is 1.33. The maximum atomic E-state index is 2.89. The SMILES string of the molecule is [Cr+4].[c-]1ccccc1.[c-]1ccccc1.c1cc[cH-]c1.c1cc[cH-]c1. The van der Waals surface area contributed by atoms with Crippen molar-refractivity contribution < 1.29 is 17.4 Å². The molecule has 0 aromatic heterocycles. The molecule has 114 valence electrons. The van der Waals surface area contributed by atoms with Crippen LogP contribution in [-0.2, 0) is 17.4 Å². The average Bonchev–Trinajstić information content (AvgIpc) is 3.37. The molecule has 0 amide bonds. The third-order valence-corrected chi connectivity index (χ3v) is 2.33. The first-order chi connectivity index (χ1) is 11.0. The zero-order chi connectivity index (χ0) is 15.6. The first kappa shape index (κ1) is 20.7. The van der Waals surface area contributed by atoms with Crippen LogP contribution in [-0.4, -0.2) is 0 Å². The van der Waals surface area contributed by atoms with Crippen LogP contribution >= 0.6 is 0 Å². The minimum atomic E-state index is 0. The molecule has 0 aliphatic heterocycles. The maximum Gasteiger partial charge on any atom is 4.00 e. The van der Waals surface area contributed by atoms with Crippen molar-refractivity contribution >= 4 is 0 Å². The monoisotopic (exact) mass is 336 g/mol. The van der Waals surface area contributed by atoms with E-state index in [0.717, 1.165) is 0 Å². The Hall–Kier alpha value is -2.33. The smallest absolute Gasteiger partial charge is 0.214 e. The Bertz CT molecular complexity index is 435. The average molecular weight is 336 g/mol. The summed E-state index contributed by atoms with van der Waals surface area (Å²) in [4.78, 5) is 0. The number of benzene rings is 2. The van der Waals surface area contributed by atoms with Crippen molar-refractivity contribution in [2.45, 2.75) is 0 Å². The van der Waals surface area contributed by atoms with E-state index in [1.54, 1.807) is 0 Å². The molecule has 0 atom stereocenters. The van der Waals surface area contributed by atoms with Crippen molar-refractivity contribution in [3.63, 3.8) is 0 Å².